The van der Waals surface area contributed by atoms with Gasteiger partial charge in [-0.15, -0.1) is 0 Å². The van der Waals surface area contributed by atoms with Crippen molar-refractivity contribution in [3.8, 4) is 0 Å². The molecule has 1 rings (SSSR count). The number of guanidine groups is 1. The molecule has 1 saturated heterocycles. The molecule has 17 heavy (non-hydrogen) atoms. The van der Waals surface area contributed by atoms with Gasteiger partial charge in [0.1, 0.15) is 0 Å². The number of hydrogen-bond acceptors (Lipinski definition) is 2. The molecule has 0 aromatic heterocycles. The van der Waals surface area contributed by atoms with Crippen LogP contribution in [0, 0.1) is 0 Å². The predicted molar refractivity (Wildman–Crippen MR) is 70.1 cm³/mol. The summed E-state index contributed by atoms with van der Waals surface area (Å²) < 4.78 is 0. The summed E-state index contributed by atoms with van der Waals surface area (Å²) in [7, 11) is 3.96. The molecule has 1 fully saturated rings. The lowest BCUT2D eigenvalue weighted by Gasteiger charge is -2.17. The Bertz CT molecular complexity index is 276. The zero-order chi connectivity index (χ0) is 12.7. The average molecular weight is 240 g/mol. The number of nitrogens with one attached hydrogen (secondary N) is 1. The predicted octanol–water partition coefficient (Wildman–Crippen LogP) is 0.526. The largest absolute Gasteiger partial charge is 0.357 e. The smallest absolute Gasteiger partial charge is 0.222 e. The molecule has 1 N–H and O–H groups in total. The van der Waals surface area contributed by atoms with Gasteiger partial charge in [-0.2, -0.15) is 0 Å². The van der Waals surface area contributed by atoms with E-state index in [-0.39, 0.29) is 0 Å². The number of likely N-dealkylation sites (tertiary alicyclic amines) is 1. The van der Waals surface area contributed by atoms with Crippen molar-refractivity contribution in [2.45, 2.75) is 26.2 Å². The highest BCUT2D eigenvalue weighted by Gasteiger charge is 2.18. The SMILES string of the molecule is CCNC(=NCCCN1CCCC1=O)N(C)C. The minimum absolute atomic E-state index is 0.300. The van der Waals surface area contributed by atoms with Gasteiger partial charge in [0, 0.05) is 46.7 Å². The molecule has 1 aliphatic heterocycles. The van der Waals surface area contributed by atoms with Crippen molar-refractivity contribution in [2.24, 2.45) is 4.99 Å². The lowest BCUT2D eigenvalue weighted by atomic mass is 10.4. The highest BCUT2D eigenvalue weighted by Crippen LogP contribution is 2.09. The highest BCUT2D eigenvalue weighted by molar-refractivity contribution is 5.79. The number of carbonyl (C=O) groups is 1. The molecule has 98 valence electrons. The van der Waals surface area contributed by atoms with Gasteiger partial charge in [-0.05, 0) is 19.8 Å². The second-order valence-corrected chi connectivity index (χ2v) is 4.47. The molecule has 5 nitrogen and oxygen atoms in total. The van der Waals surface area contributed by atoms with Crippen LogP contribution in [0.25, 0.3) is 0 Å². The van der Waals surface area contributed by atoms with Crippen molar-refractivity contribution in [3.63, 3.8) is 0 Å². The van der Waals surface area contributed by atoms with Crippen LogP contribution in [0.2, 0.25) is 0 Å². The number of hydrogen-bond donors (Lipinski definition) is 1. The first-order valence-corrected chi connectivity index (χ1v) is 6.38. The van der Waals surface area contributed by atoms with Crippen LogP contribution < -0.4 is 5.32 Å². The first-order chi connectivity index (χ1) is 8.15. The van der Waals surface area contributed by atoms with Crippen LogP contribution in [0.15, 0.2) is 4.99 Å². The monoisotopic (exact) mass is 240 g/mol. The third-order valence-corrected chi connectivity index (χ3v) is 2.78. The van der Waals surface area contributed by atoms with E-state index in [1.807, 2.05) is 23.9 Å². The third-order valence-electron chi connectivity index (χ3n) is 2.78. The Labute approximate surface area is 104 Å². The molecule has 1 aliphatic rings. The second-order valence-electron chi connectivity index (χ2n) is 4.47. The molecule has 0 bridgehead atoms. The van der Waals surface area contributed by atoms with Crippen LogP contribution in [-0.4, -0.2) is 61.9 Å². The van der Waals surface area contributed by atoms with E-state index in [1.165, 1.54) is 0 Å². The van der Waals surface area contributed by atoms with E-state index in [0.717, 1.165) is 51.4 Å². The third kappa shape index (κ3) is 4.63. The first kappa shape index (κ1) is 13.8. The molecule has 5 heteroatoms. The van der Waals surface area contributed by atoms with Crippen molar-refractivity contribution in [1.82, 2.24) is 15.1 Å². The van der Waals surface area contributed by atoms with E-state index in [4.69, 9.17) is 0 Å². The standard InChI is InChI=1S/C12H24N4O/c1-4-13-12(15(2)3)14-8-6-10-16-9-5-7-11(16)17/h4-10H2,1-3H3,(H,13,14). The molecular formula is C12H24N4O. The van der Waals surface area contributed by atoms with Gasteiger partial charge in [0.25, 0.3) is 0 Å². The van der Waals surface area contributed by atoms with Gasteiger partial charge in [-0.3, -0.25) is 9.79 Å². The fraction of sp³-hybridized carbons (Fsp3) is 0.833. The first-order valence-electron chi connectivity index (χ1n) is 6.38. The summed E-state index contributed by atoms with van der Waals surface area (Å²) in [5.74, 6) is 1.22. The van der Waals surface area contributed by atoms with Gasteiger partial charge in [0.15, 0.2) is 5.96 Å². The van der Waals surface area contributed by atoms with Crippen molar-refractivity contribution < 1.29 is 4.79 Å². The zero-order valence-corrected chi connectivity index (χ0v) is 11.2. The van der Waals surface area contributed by atoms with Gasteiger partial charge in [-0.25, -0.2) is 0 Å². The van der Waals surface area contributed by atoms with E-state index in [9.17, 15) is 4.79 Å². The van der Waals surface area contributed by atoms with Crippen LogP contribution in [0.4, 0.5) is 0 Å². The molecule has 0 atom stereocenters. The summed E-state index contributed by atoms with van der Waals surface area (Å²) in [5.41, 5.74) is 0. The minimum Gasteiger partial charge on any atom is -0.357 e. The van der Waals surface area contributed by atoms with Gasteiger partial charge in [0.2, 0.25) is 5.91 Å². The van der Waals surface area contributed by atoms with E-state index < -0.39 is 0 Å². The maximum absolute atomic E-state index is 11.4. The van der Waals surface area contributed by atoms with E-state index >= 15 is 0 Å². The molecule has 1 heterocycles. The Balaban J connectivity index is 2.25. The average Bonchev–Trinajstić information content (AvgIpc) is 2.68. The second kappa shape index (κ2) is 7.14. The van der Waals surface area contributed by atoms with E-state index in [0.29, 0.717) is 5.91 Å². The van der Waals surface area contributed by atoms with E-state index in [2.05, 4.69) is 17.2 Å². The van der Waals surface area contributed by atoms with Gasteiger partial charge in [-0.1, -0.05) is 0 Å². The summed E-state index contributed by atoms with van der Waals surface area (Å²) in [6.45, 7) is 5.47. The van der Waals surface area contributed by atoms with Gasteiger partial charge < -0.3 is 15.1 Å². The topological polar surface area (TPSA) is 47.9 Å². The Hall–Kier alpha value is -1.26. The number of rotatable bonds is 5. The molecule has 1 amide bonds. The summed E-state index contributed by atoms with van der Waals surface area (Å²) in [4.78, 5) is 19.8. The van der Waals surface area contributed by atoms with E-state index in [1.54, 1.807) is 0 Å². The Morgan fingerprint density at radius 2 is 2.29 bits per heavy atom. The molecule has 0 aromatic carbocycles. The zero-order valence-electron chi connectivity index (χ0n) is 11.2. The quantitative estimate of drug-likeness (QED) is 0.433. The Morgan fingerprint density at radius 3 is 2.82 bits per heavy atom. The van der Waals surface area contributed by atoms with Crippen molar-refractivity contribution in [2.75, 3.05) is 40.3 Å². The maximum Gasteiger partial charge on any atom is 0.222 e. The normalized spacial score (nSPS) is 16.5. The maximum atomic E-state index is 11.4. The molecule has 0 aromatic rings. The minimum atomic E-state index is 0.300. The summed E-state index contributed by atoms with van der Waals surface area (Å²) >= 11 is 0. The number of amides is 1. The molecule has 0 unspecified atom stereocenters. The summed E-state index contributed by atoms with van der Waals surface area (Å²) in [5, 5.41) is 3.21. The highest BCUT2D eigenvalue weighted by atomic mass is 16.2. The summed E-state index contributed by atoms with van der Waals surface area (Å²) in [6, 6.07) is 0. The van der Waals surface area contributed by atoms with Crippen LogP contribution in [0.1, 0.15) is 26.2 Å². The van der Waals surface area contributed by atoms with Gasteiger partial charge in [0.05, 0.1) is 0 Å². The number of carbonyl (C=O) groups excluding carboxylic acids is 1. The molecule has 0 saturated carbocycles. The molecule has 0 aliphatic carbocycles. The van der Waals surface area contributed by atoms with Crippen LogP contribution >= 0.6 is 0 Å². The summed E-state index contributed by atoms with van der Waals surface area (Å²) in [6.07, 6.45) is 2.68. The van der Waals surface area contributed by atoms with Crippen molar-refractivity contribution >= 4 is 11.9 Å². The molecule has 0 radical (unpaired) electrons. The molecular weight excluding hydrogens is 216 g/mol. The number of nitrogens with zero attached hydrogens (tertiary/aromatic N) is 3. The van der Waals surface area contributed by atoms with Crippen molar-refractivity contribution in [1.29, 1.82) is 0 Å². The fourth-order valence-corrected chi connectivity index (χ4v) is 1.90. The number of aliphatic imine (C=N–C) groups is 1. The van der Waals surface area contributed by atoms with Crippen LogP contribution in [0.3, 0.4) is 0 Å². The fourth-order valence-electron chi connectivity index (χ4n) is 1.90. The van der Waals surface area contributed by atoms with Crippen LogP contribution in [-0.2, 0) is 4.79 Å². The molecule has 0 spiro atoms. The van der Waals surface area contributed by atoms with Crippen LogP contribution in [0.5, 0.6) is 0 Å². The van der Waals surface area contributed by atoms with Gasteiger partial charge >= 0.3 is 0 Å². The van der Waals surface area contributed by atoms with Crippen molar-refractivity contribution in [3.05, 3.63) is 0 Å². The Kier molecular flexibility index (Phi) is 5.80. The lowest BCUT2D eigenvalue weighted by Crippen LogP contribution is -2.36. The lowest BCUT2D eigenvalue weighted by molar-refractivity contribution is -0.127. The Morgan fingerprint density at radius 1 is 1.53 bits per heavy atom.